The molecule has 1 aliphatic heterocycles. The van der Waals surface area contributed by atoms with Crippen molar-refractivity contribution in [2.45, 2.75) is 33.7 Å². The zero-order chi connectivity index (χ0) is 14.6. The van der Waals surface area contributed by atoms with Crippen LogP contribution in [0.25, 0.3) is 0 Å². The molecule has 0 spiro atoms. The number of rotatable bonds is 5. The van der Waals surface area contributed by atoms with Crippen LogP contribution in [0.15, 0.2) is 0 Å². The van der Waals surface area contributed by atoms with Gasteiger partial charge >= 0.3 is 5.97 Å². The highest BCUT2D eigenvalue weighted by atomic mass is 16.5. The highest BCUT2D eigenvalue weighted by molar-refractivity contribution is 5.81. The summed E-state index contributed by atoms with van der Waals surface area (Å²) < 4.78 is 4.82. The van der Waals surface area contributed by atoms with E-state index in [0.717, 1.165) is 19.6 Å². The average Bonchev–Trinajstić information content (AvgIpc) is 2.80. The Labute approximate surface area is 115 Å². The first-order chi connectivity index (χ1) is 8.96. The smallest absolute Gasteiger partial charge is 0.310 e. The molecule has 1 aliphatic rings. The third-order valence-corrected chi connectivity index (χ3v) is 4.12. The normalized spacial score (nSPS) is 25.1. The maximum absolute atomic E-state index is 12.3. The summed E-state index contributed by atoms with van der Waals surface area (Å²) in [5.41, 5.74) is 0. The van der Waals surface area contributed by atoms with Gasteiger partial charge in [0.1, 0.15) is 0 Å². The van der Waals surface area contributed by atoms with Crippen molar-refractivity contribution in [1.29, 1.82) is 0 Å². The van der Waals surface area contributed by atoms with Crippen LogP contribution < -0.4 is 0 Å². The van der Waals surface area contributed by atoms with Crippen LogP contribution in [-0.2, 0) is 14.3 Å². The lowest BCUT2D eigenvalue weighted by molar-refractivity contribution is -0.146. The number of methoxy groups -OCH3 is 1. The van der Waals surface area contributed by atoms with Gasteiger partial charge in [0.05, 0.1) is 19.1 Å². The molecule has 3 unspecified atom stereocenters. The van der Waals surface area contributed by atoms with Crippen molar-refractivity contribution in [3.8, 4) is 0 Å². The number of hydrogen-bond donors (Lipinski definition) is 0. The predicted molar refractivity (Wildman–Crippen MR) is 73.6 cm³/mol. The third kappa shape index (κ3) is 3.47. The predicted octanol–water partition coefficient (Wildman–Crippen LogP) is 0.984. The van der Waals surface area contributed by atoms with E-state index in [9.17, 15) is 9.59 Å². The van der Waals surface area contributed by atoms with Crippen LogP contribution in [-0.4, -0.2) is 61.0 Å². The summed E-state index contributed by atoms with van der Waals surface area (Å²) in [6, 6.07) is -0.169. The van der Waals surface area contributed by atoms with Gasteiger partial charge in [-0.05, 0) is 26.7 Å². The lowest BCUT2D eigenvalue weighted by Crippen LogP contribution is -2.46. The first-order valence-corrected chi connectivity index (χ1v) is 7.06. The van der Waals surface area contributed by atoms with Crippen molar-refractivity contribution in [2.75, 3.05) is 33.3 Å². The molecule has 1 heterocycles. The summed E-state index contributed by atoms with van der Waals surface area (Å²) in [6.45, 7) is 10.8. The fourth-order valence-corrected chi connectivity index (χ4v) is 2.73. The maximum atomic E-state index is 12.3. The number of amides is 1. The molecule has 0 aliphatic carbocycles. The van der Waals surface area contributed by atoms with Gasteiger partial charge in [0, 0.05) is 26.2 Å². The quantitative estimate of drug-likeness (QED) is 0.699. The van der Waals surface area contributed by atoms with E-state index in [-0.39, 0.29) is 29.8 Å². The Morgan fingerprint density at radius 3 is 2.37 bits per heavy atom. The number of likely N-dealkylation sites (N-methyl/N-ethyl adjacent to an activating group) is 1. The van der Waals surface area contributed by atoms with Gasteiger partial charge in [-0.3, -0.25) is 14.5 Å². The second-order valence-corrected chi connectivity index (χ2v) is 5.25. The first kappa shape index (κ1) is 16.0. The molecule has 1 fully saturated rings. The van der Waals surface area contributed by atoms with Crippen molar-refractivity contribution in [2.24, 2.45) is 11.8 Å². The lowest BCUT2D eigenvalue weighted by atomic mass is 9.99. The Kier molecular flexibility index (Phi) is 5.79. The van der Waals surface area contributed by atoms with Crippen LogP contribution >= 0.6 is 0 Å². The minimum Gasteiger partial charge on any atom is -0.469 e. The van der Waals surface area contributed by atoms with Gasteiger partial charge in [-0.1, -0.05) is 6.92 Å². The van der Waals surface area contributed by atoms with Crippen molar-refractivity contribution < 1.29 is 14.3 Å². The Balaban J connectivity index is 2.67. The number of ether oxygens (including phenoxy) is 1. The average molecular weight is 270 g/mol. The lowest BCUT2D eigenvalue weighted by Gasteiger charge is -2.29. The van der Waals surface area contributed by atoms with Crippen LogP contribution in [0, 0.1) is 11.8 Å². The zero-order valence-corrected chi connectivity index (χ0v) is 12.7. The fourth-order valence-electron chi connectivity index (χ4n) is 2.73. The molecule has 3 atom stereocenters. The second kappa shape index (κ2) is 6.89. The van der Waals surface area contributed by atoms with E-state index in [1.807, 2.05) is 32.6 Å². The Morgan fingerprint density at radius 1 is 1.32 bits per heavy atom. The van der Waals surface area contributed by atoms with Crippen molar-refractivity contribution in [3.05, 3.63) is 0 Å². The van der Waals surface area contributed by atoms with Crippen LogP contribution in [0.4, 0.5) is 0 Å². The summed E-state index contributed by atoms with van der Waals surface area (Å²) in [5, 5.41) is 0. The van der Waals surface area contributed by atoms with Crippen LogP contribution in [0.3, 0.4) is 0 Å². The van der Waals surface area contributed by atoms with E-state index in [4.69, 9.17) is 4.74 Å². The van der Waals surface area contributed by atoms with Gasteiger partial charge in [-0.15, -0.1) is 0 Å². The van der Waals surface area contributed by atoms with E-state index in [1.165, 1.54) is 7.11 Å². The first-order valence-electron chi connectivity index (χ1n) is 7.06. The molecule has 0 bridgehead atoms. The molecule has 1 rings (SSSR count). The Bertz CT molecular complexity index is 329. The maximum Gasteiger partial charge on any atom is 0.310 e. The fraction of sp³-hybridized carbons (Fsp3) is 0.857. The minimum atomic E-state index is -0.169. The molecule has 0 aromatic carbocycles. The molecule has 0 N–H and O–H groups in total. The molecular weight excluding hydrogens is 244 g/mol. The van der Waals surface area contributed by atoms with Crippen LogP contribution in [0.1, 0.15) is 27.7 Å². The van der Waals surface area contributed by atoms with Crippen molar-refractivity contribution in [1.82, 2.24) is 9.80 Å². The number of nitrogens with zero attached hydrogens (tertiary/aromatic N) is 2. The highest BCUT2D eigenvalue weighted by Crippen LogP contribution is 2.26. The molecule has 1 saturated heterocycles. The largest absolute Gasteiger partial charge is 0.469 e. The van der Waals surface area contributed by atoms with E-state index in [1.54, 1.807) is 0 Å². The highest BCUT2D eigenvalue weighted by Gasteiger charge is 2.39. The Morgan fingerprint density at radius 2 is 1.89 bits per heavy atom. The van der Waals surface area contributed by atoms with Gasteiger partial charge in [-0.25, -0.2) is 0 Å². The summed E-state index contributed by atoms with van der Waals surface area (Å²) in [4.78, 5) is 27.9. The molecular formula is C14H26N2O3. The summed E-state index contributed by atoms with van der Waals surface area (Å²) >= 11 is 0. The zero-order valence-electron chi connectivity index (χ0n) is 12.7. The molecule has 1 amide bonds. The van der Waals surface area contributed by atoms with E-state index >= 15 is 0 Å². The third-order valence-electron chi connectivity index (χ3n) is 4.12. The van der Waals surface area contributed by atoms with Gasteiger partial charge in [0.25, 0.3) is 0 Å². The molecule has 0 aromatic heterocycles. The van der Waals surface area contributed by atoms with Crippen molar-refractivity contribution >= 4 is 11.9 Å². The summed E-state index contributed by atoms with van der Waals surface area (Å²) in [6.07, 6.45) is 0. The number of hydrogen-bond acceptors (Lipinski definition) is 4. The van der Waals surface area contributed by atoms with E-state index in [2.05, 4.69) is 4.90 Å². The second-order valence-electron chi connectivity index (χ2n) is 5.25. The Hall–Kier alpha value is -1.10. The van der Waals surface area contributed by atoms with Gasteiger partial charge in [-0.2, -0.15) is 0 Å². The van der Waals surface area contributed by atoms with Gasteiger partial charge < -0.3 is 9.64 Å². The molecule has 5 nitrogen and oxygen atoms in total. The molecule has 0 radical (unpaired) electrons. The van der Waals surface area contributed by atoms with E-state index < -0.39 is 0 Å². The van der Waals surface area contributed by atoms with Gasteiger partial charge in [0.15, 0.2) is 0 Å². The molecule has 19 heavy (non-hydrogen) atoms. The topological polar surface area (TPSA) is 49.9 Å². The molecule has 110 valence electrons. The minimum absolute atomic E-state index is 0.114. The van der Waals surface area contributed by atoms with Crippen LogP contribution in [0.5, 0.6) is 0 Å². The molecule has 5 heteroatoms. The molecule has 0 aromatic rings. The number of carbonyl (C=O) groups is 2. The van der Waals surface area contributed by atoms with Gasteiger partial charge in [0.2, 0.25) is 5.91 Å². The summed E-state index contributed by atoms with van der Waals surface area (Å²) in [7, 11) is 1.42. The SMILES string of the molecule is CCN(CC)C(=O)C(C)N1CC(C)C(C(=O)OC)C1. The monoisotopic (exact) mass is 270 g/mol. The number of likely N-dealkylation sites (tertiary alicyclic amines) is 1. The summed E-state index contributed by atoms with van der Waals surface area (Å²) in [5.74, 6) is 0.0940. The van der Waals surface area contributed by atoms with Crippen molar-refractivity contribution in [3.63, 3.8) is 0 Å². The van der Waals surface area contributed by atoms with Crippen LogP contribution in [0.2, 0.25) is 0 Å². The standard InChI is InChI=1S/C14H26N2O3/c1-6-15(7-2)13(17)11(4)16-8-10(3)12(9-16)14(18)19-5/h10-12H,6-9H2,1-5H3. The van der Waals surface area contributed by atoms with E-state index in [0.29, 0.717) is 6.54 Å². The molecule has 0 saturated carbocycles. The number of carbonyl (C=O) groups excluding carboxylic acids is 2. The number of esters is 1.